The number of carbonyl (C=O) groups excluding carboxylic acids is 1. The molecule has 0 aliphatic heterocycles. The largest absolute Gasteiger partial charge is 0.490 e. The summed E-state index contributed by atoms with van der Waals surface area (Å²) in [6, 6.07) is 14.9. The lowest BCUT2D eigenvalue weighted by atomic mass is 9.95. The zero-order valence-electron chi connectivity index (χ0n) is 16.5. The van der Waals surface area contributed by atoms with Crippen molar-refractivity contribution in [3.05, 3.63) is 59.7 Å². The summed E-state index contributed by atoms with van der Waals surface area (Å²) in [7, 11) is 0. The van der Waals surface area contributed by atoms with Crippen LogP contribution < -0.4 is 14.8 Å². The molecule has 2 aromatic carbocycles. The molecule has 2 aromatic rings. The number of rotatable bonds is 10. The second-order valence-electron chi connectivity index (χ2n) is 7.10. The SMILES string of the molecule is CCOc1cc(C(=O)NC(C)(C)CCc2ccccc2)ccc1OCC(=O)O. The highest BCUT2D eigenvalue weighted by Crippen LogP contribution is 2.29. The quantitative estimate of drug-likeness (QED) is 0.652. The molecule has 6 nitrogen and oxygen atoms in total. The van der Waals surface area contributed by atoms with E-state index in [0.29, 0.717) is 23.7 Å². The van der Waals surface area contributed by atoms with Crippen LogP contribution in [0.4, 0.5) is 0 Å². The van der Waals surface area contributed by atoms with E-state index >= 15 is 0 Å². The number of aliphatic carboxylic acids is 1. The number of carboxylic acids is 1. The van der Waals surface area contributed by atoms with Gasteiger partial charge in [0, 0.05) is 11.1 Å². The van der Waals surface area contributed by atoms with Crippen LogP contribution in [0.25, 0.3) is 0 Å². The second kappa shape index (κ2) is 9.78. The van der Waals surface area contributed by atoms with Gasteiger partial charge in [0.2, 0.25) is 0 Å². The third kappa shape index (κ3) is 6.61. The molecule has 0 bridgehead atoms. The predicted molar refractivity (Wildman–Crippen MR) is 107 cm³/mol. The minimum absolute atomic E-state index is 0.219. The summed E-state index contributed by atoms with van der Waals surface area (Å²) in [5.41, 5.74) is 1.26. The minimum atomic E-state index is -1.08. The number of aryl methyl sites for hydroxylation is 1. The van der Waals surface area contributed by atoms with Gasteiger partial charge in [-0.3, -0.25) is 4.79 Å². The maximum Gasteiger partial charge on any atom is 0.341 e. The van der Waals surface area contributed by atoms with Crippen LogP contribution in [0.5, 0.6) is 11.5 Å². The van der Waals surface area contributed by atoms with Crippen molar-refractivity contribution in [3.63, 3.8) is 0 Å². The number of hydrogen-bond donors (Lipinski definition) is 2. The van der Waals surface area contributed by atoms with Crippen molar-refractivity contribution in [3.8, 4) is 11.5 Å². The highest BCUT2D eigenvalue weighted by molar-refractivity contribution is 5.95. The first kappa shape index (κ1) is 21.3. The Kier molecular flexibility index (Phi) is 7.44. The molecule has 6 heteroatoms. The van der Waals surface area contributed by atoms with E-state index in [2.05, 4.69) is 17.4 Å². The molecule has 0 aliphatic rings. The molecule has 0 saturated carbocycles. The topological polar surface area (TPSA) is 84.9 Å². The number of hydrogen-bond acceptors (Lipinski definition) is 4. The van der Waals surface area contributed by atoms with Gasteiger partial charge in [0.25, 0.3) is 5.91 Å². The van der Waals surface area contributed by atoms with Crippen LogP contribution in [-0.2, 0) is 11.2 Å². The summed E-state index contributed by atoms with van der Waals surface area (Å²) in [4.78, 5) is 23.4. The van der Waals surface area contributed by atoms with Gasteiger partial charge < -0.3 is 19.9 Å². The van der Waals surface area contributed by atoms with E-state index in [4.69, 9.17) is 14.6 Å². The maximum atomic E-state index is 12.7. The van der Waals surface area contributed by atoms with Crippen LogP contribution in [0.3, 0.4) is 0 Å². The molecule has 0 aliphatic carbocycles. The lowest BCUT2D eigenvalue weighted by Crippen LogP contribution is -2.43. The van der Waals surface area contributed by atoms with Gasteiger partial charge in [-0.2, -0.15) is 0 Å². The van der Waals surface area contributed by atoms with Crippen molar-refractivity contribution in [2.24, 2.45) is 0 Å². The molecule has 0 aromatic heterocycles. The molecule has 2 N–H and O–H groups in total. The van der Waals surface area contributed by atoms with E-state index in [1.165, 1.54) is 5.56 Å². The van der Waals surface area contributed by atoms with Gasteiger partial charge >= 0.3 is 5.97 Å². The minimum Gasteiger partial charge on any atom is -0.490 e. The highest BCUT2D eigenvalue weighted by atomic mass is 16.5. The molecular formula is C22H27NO5. The summed E-state index contributed by atoms with van der Waals surface area (Å²) in [6.45, 7) is 5.68. The molecule has 1 amide bonds. The summed E-state index contributed by atoms with van der Waals surface area (Å²) in [5, 5.41) is 11.8. The van der Waals surface area contributed by atoms with Crippen LogP contribution in [0.15, 0.2) is 48.5 Å². The predicted octanol–water partition coefficient (Wildman–Crippen LogP) is 3.69. The van der Waals surface area contributed by atoms with Crippen molar-refractivity contribution in [2.75, 3.05) is 13.2 Å². The zero-order valence-corrected chi connectivity index (χ0v) is 16.5. The summed E-state index contributed by atoms with van der Waals surface area (Å²) >= 11 is 0. The van der Waals surface area contributed by atoms with Crippen molar-refractivity contribution in [1.82, 2.24) is 5.32 Å². The number of ether oxygens (including phenoxy) is 2. The van der Waals surface area contributed by atoms with Gasteiger partial charge in [0.15, 0.2) is 18.1 Å². The van der Waals surface area contributed by atoms with E-state index < -0.39 is 18.1 Å². The lowest BCUT2D eigenvalue weighted by Gasteiger charge is -2.26. The number of carboxylic acid groups (broad SMARTS) is 1. The van der Waals surface area contributed by atoms with Gasteiger partial charge in [-0.25, -0.2) is 4.79 Å². The van der Waals surface area contributed by atoms with Crippen LogP contribution in [0.1, 0.15) is 43.1 Å². The molecule has 0 spiro atoms. The molecule has 0 heterocycles. The van der Waals surface area contributed by atoms with Crippen LogP contribution in [0.2, 0.25) is 0 Å². The Morgan fingerprint density at radius 2 is 1.75 bits per heavy atom. The molecule has 150 valence electrons. The van der Waals surface area contributed by atoms with E-state index in [1.54, 1.807) is 25.1 Å². The number of nitrogens with one attached hydrogen (secondary N) is 1. The smallest absolute Gasteiger partial charge is 0.341 e. The third-order valence-electron chi connectivity index (χ3n) is 4.19. The Labute approximate surface area is 165 Å². The Balaban J connectivity index is 2.05. The van der Waals surface area contributed by atoms with Crippen molar-refractivity contribution in [2.45, 2.75) is 39.2 Å². The number of amides is 1. The average molecular weight is 385 g/mol. The monoisotopic (exact) mass is 385 g/mol. The van der Waals surface area contributed by atoms with E-state index in [1.807, 2.05) is 32.0 Å². The standard InChI is InChI=1S/C22H27NO5/c1-4-27-19-14-17(10-11-18(19)28-15-20(24)25)21(26)23-22(2,3)13-12-16-8-6-5-7-9-16/h5-11,14H,4,12-13,15H2,1-3H3,(H,23,26)(H,24,25). The second-order valence-corrected chi connectivity index (χ2v) is 7.10. The first-order valence-corrected chi connectivity index (χ1v) is 9.28. The van der Waals surface area contributed by atoms with Gasteiger partial charge in [-0.05, 0) is 57.4 Å². The van der Waals surface area contributed by atoms with E-state index in [0.717, 1.165) is 12.8 Å². The lowest BCUT2D eigenvalue weighted by molar-refractivity contribution is -0.139. The fourth-order valence-corrected chi connectivity index (χ4v) is 2.72. The Hall–Kier alpha value is -3.02. The fraction of sp³-hybridized carbons (Fsp3) is 0.364. The number of benzene rings is 2. The summed E-state index contributed by atoms with van der Waals surface area (Å²) in [5.74, 6) is -0.657. The first-order valence-electron chi connectivity index (χ1n) is 9.28. The highest BCUT2D eigenvalue weighted by Gasteiger charge is 2.22. The number of carbonyl (C=O) groups is 2. The van der Waals surface area contributed by atoms with Gasteiger partial charge in [0.1, 0.15) is 0 Å². The van der Waals surface area contributed by atoms with Crippen LogP contribution in [0, 0.1) is 0 Å². The summed E-state index contributed by atoms with van der Waals surface area (Å²) < 4.78 is 10.7. The fourth-order valence-electron chi connectivity index (χ4n) is 2.72. The Morgan fingerprint density at radius 1 is 1.04 bits per heavy atom. The molecule has 0 saturated heterocycles. The van der Waals surface area contributed by atoms with Gasteiger partial charge in [-0.15, -0.1) is 0 Å². The molecule has 28 heavy (non-hydrogen) atoms. The first-order chi connectivity index (χ1) is 13.3. The molecule has 0 atom stereocenters. The average Bonchev–Trinajstić information content (AvgIpc) is 2.66. The molecule has 0 fully saturated rings. The van der Waals surface area contributed by atoms with Gasteiger partial charge in [0.05, 0.1) is 6.61 Å². The van der Waals surface area contributed by atoms with E-state index in [-0.39, 0.29) is 5.91 Å². The molecular weight excluding hydrogens is 358 g/mol. The maximum absolute atomic E-state index is 12.7. The normalized spacial score (nSPS) is 11.0. The molecule has 0 unspecified atom stereocenters. The van der Waals surface area contributed by atoms with E-state index in [9.17, 15) is 9.59 Å². The third-order valence-corrected chi connectivity index (χ3v) is 4.19. The van der Waals surface area contributed by atoms with Crippen molar-refractivity contribution in [1.29, 1.82) is 0 Å². The Morgan fingerprint density at radius 3 is 2.39 bits per heavy atom. The zero-order chi connectivity index (χ0) is 20.6. The molecule has 2 rings (SSSR count). The van der Waals surface area contributed by atoms with Crippen molar-refractivity contribution < 1.29 is 24.2 Å². The summed E-state index contributed by atoms with van der Waals surface area (Å²) in [6.07, 6.45) is 1.65. The van der Waals surface area contributed by atoms with Gasteiger partial charge in [-0.1, -0.05) is 30.3 Å². The Bertz CT molecular complexity index is 802. The van der Waals surface area contributed by atoms with Crippen LogP contribution in [-0.4, -0.2) is 35.7 Å². The molecule has 0 radical (unpaired) electrons. The van der Waals surface area contributed by atoms with Crippen molar-refractivity contribution >= 4 is 11.9 Å². The van der Waals surface area contributed by atoms with Crippen LogP contribution >= 0.6 is 0 Å².